The molecule has 0 unspecified atom stereocenters. The zero-order valence-electron chi connectivity index (χ0n) is 11.8. The predicted octanol–water partition coefficient (Wildman–Crippen LogP) is 2.02. The van der Waals surface area contributed by atoms with Gasteiger partial charge in [-0.05, 0) is 18.2 Å². The Bertz CT molecular complexity index is 752. The van der Waals surface area contributed by atoms with Crippen molar-refractivity contribution in [1.29, 1.82) is 0 Å². The largest absolute Gasteiger partial charge is 0.416 e. The first kappa shape index (κ1) is 18.2. The van der Waals surface area contributed by atoms with Crippen LogP contribution in [0.15, 0.2) is 30.9 Å². The summed E-state index contributed by atoms with van der Waals surface area (Å²) in [6.07, 6.45) is -8.16. The maximum atomic E-state index is 12.7. The molecular weight excluding hydrogens is 360 g/mol. The summed E-state index contributed by atoms with van der Waals surface area (Å²) in [6.45, 7) is 0. The third kappa shape index (κ3) is 4.68. The Kier molecular flexibility index (Phi) is 4.67. The normalized spacial score (nSPS) is 11.9. The highest BCUT2D eigenvalue weighted by Crippen LogP contribution is 2.37. The second-order valence-corrected chi connectivity index (χ2v) is 4.56. The molecule has 0 aliphatic heterocycles. The van der Waals surface area contributed by atoms with Crippen LogP contribution in [0.5, 0.6) is 0 Å². The number of aromatic nitrogens is 3. The Morgan fingerprint density at radius 1 is 0.840 bits per heavy atom. The molecule has 25 heavy (non-hydrogen) atoms. The van der Waals surface area contributed by atoms with E-state index >= 15 is 0 Å². The fourth-order valence-electron chi connectivity index (χ4n) is 1.64. The third-order valence-corrected chi connectivity index (χ3v) is 2.70. The molecule has 0 atom stereocenters. The average Bonchev–Trinajstić information content (AvgIpc) is 2.98. The van der Waals surface area contributed by atoms with Gasteiger partial charge in [-0.15, -0.1) is 10.2 Å². The topological polar surface area (TPSA) is 88.9 Å². The van der Waals surface area contributed by atoms with Gasteiger partial charge in [0.15, 0.2) is 0 Å². The highest BCUT2D eigenvalue weighted by molar-refractivity contribution is 6.42. The Labute approximate surface area is 134 Å². The molecule has 134 valence electrons. The molecule has 0 fully saturated rings. The van der Waals surface area contributed by atoms with Crippen molar-refractivity contribution in [3.8, 4) is 0 Å². The zero-order chi connectivity index (χ0) is 18.8. The average molecular weight is 367 g/mol. The fraction of sp³-hybridized carbons (Fsp3) is 0.167. The van der Waals surface area contributed by atoms with Gasteiger partial charge in [0.2, 0.25) is 0 Å². The molecular formula is C12H7F6N5O2. The van der Waals surface area contributed by atoms with Crippen LogP contribution in [0.2, 0.25) is 0 Å². The van der Waals surface area contributed by atoms with Crippen molar-refractivity contribution >= 4 is 17.5 Å². The molecule has 0 radical (unpaired) electrons. The molecule has 0 aliphatic rings. The Morgan fingerprint density at radius 2 is 1.32 bits per heavy atom. The summed E-state index contributed by atoms with van der Waals surface area (Å²) < 4.78 is 77.1. The molecule has 2 rings (SSSR count). The third-order valence-electron chi connectivity index (χ3n) is 2.70. The summed E-state index contributed by atoms with van der Waals surface area (Å²) in [7, 11) is 0. The summed E-state index contributed by atoms with van der Waals surface area (Å²) in [5.74, 6) is -2.84. The van der Waals surface area contributed by atoms with E-state index in [1.165, 1.54) is 0 Å². The van der Waals surface area contributed by atoms with Crippen molar-refractivity contribution in [2.24, 2.45) is 0 Å². The van der Waals surface area contributed by atoms with E-state index in [-0.39, 0.29) is 18.2 Å². The van der Waals surface area contributed by atoms with Crippen LogP contribution in [0.3, 0.4) is 0 Å². The van der Waals surface area contributed by atoms with Gasteiger partial charge < -0.3 is 5.32 Å². The number of hydrogen-bond donors (Lipinski definition) is 2. The second-order valence-electron chi connectivity index (χ2n) is 4.56. The number of amides is 2. The minimum atomic E-state index is -5.08. The number of carbonyl (C=O) groups is 2. The number of carbonyl (C=O) groups excluding carboxylic acids is 2. The number of alkyl halides is 6. The molecule has 0 saturated heterocycles. The number of benzene rings is 1. The lowest BCUT2D eigenvalue weighted by Crippen LogP contribution is -2.33. The summed E-state index contributed by atoms with van der Waals surface area (Å²) in [6, 6.07) is 0.450. The van der Waals surface area contributed by atoms with Crippen LogP contribution in [0.1, 0.15) is 11.1 Å². The van der Waals surface area contributed by atoms with E-state index in [4.69, 9.17) is 0 Å². The lowest BCUT2D eigenvalue weighted by Gasteiger charge is -2.14. The SMILES string of the molecule is O=C(Nc1cc(C(F)(F)F)cc(C(F)(F)F)c1)C(=O)Nn1cnnc1. The predicted molar refractivity (Wildman–Crippen MR) is 69.5 cm³/mol. The molecule has 2 N–H and O–H groups in total. The fourth-order valence-corrected chi connectivity index (χ4v) is 1.64. The first-order chi connectivity index (χ1) is 11.5. The number of nitrogens with one attached hydrogen (secondary N) is 2. The minimum absolute atomic E-state index is 0.104. The Morgan fingerprint density at radius 3 is 1.76 bits per heavy atom. The lowest BCUT2D eigenvalue weighted by atomic mass is 10.1. The van der Waals surface area contributed by atoms with E-state index in [1.807, 2.05) is 5.43 Å². The van der Waals surface area contributed by atoms with Crippen molar-refractivity contribution in [3.05, 3.63) is 42.0 Å². The Balaban J connectivity index is 2.25. The summed E-state index contributed by atoms with van der Waals surface area (Å²) in [5.41, 5.74) is -2.17. The van der Waals surface area contributed by atoms with Crippen LogP contribution >= 0.6 is 0 Å². The number of halogens is 6. The van der Waals surface area contributed by atoms with Crippen LogP contribution in [-0.4, -0.2) is 26.7 Å². The molecule has 0 bridgehead atoms. The summed E-state index contributed by atoms with van der Waals surface area (Å²) in [5, 5.41) is 8.30. The van der Waals surface area contributed by atoms with Gasteiger partial charge in [0.25, 0.3) is 0 Å². The molecule has 2 aromatic rings. The number of nitrogens with zero attached hydrogens (tertiary/aromatic N) is 3. The lowest BCUT2D eigenvalue weighted by molar-refractivity contribution is -0.143. The minimum Gasteiger partial charge on any atom is -0.318 e. The second kappa shape index (κ2) is 6.41. The first-order valence-corrected chi connectivity index (χ1v) is 6.23. The van der Waals surface area contributed by atoms with Crippen LogP contribution in [0, 0.1) is 0 Å². The van der Waals surface area contributed by atoms with Crippen molar-refractivity contribution in [3.63, 3.8) is 0 Å². The maximum absolute atomic E-state index is 12.7. The van der Waals surface area contributed by atoms with Gasteiger partial charge in [0.1, 0.15) is 12.7 Å². The van der Waals surface area contributed by atoms with Gasteiger partial charge in [0.05, 0.1) is 11.1 Å². The van der Waals surface area contributed by atoms with E-state index in [0.29, 0.717) is 0 Å². The first-order valence-electron chi connectivity index (χ1n) is 6.23. The molecule has 1 heterocycles. The van der Waals surface area contributed by atoms with Crippen LogP contribution < -0.4 is 10.7 Å². The number of anilines is 1. The molecule has 7 nitrogen and oxygen atoms in total. The van der Waals surface area contributed by atoms with E-state index in [0.717, 1.165) is 17.3 Å². The summed E-state index contributed by atoms with van der Waals surface area (Å²) in [4.78, 5) is 23.2. The van der Waals surface area contributed by atoms with Crippen LogP contribution in [0.4, 0.5) is 32.0 Å². The molecule has 1 aromatic carbocycles. The standard InChI is InChI=1S/C12H7F6N5O2/c13-11(14,15)6-1-7(12(16,17)18)3-8(2-6)21-9(24)10(25)22-23-4-19-20-5-23/h1-5H,(H,21,24)(H,22,25). The monoisotopic (exact) mass is 367 g/mol. The summed E-state index contributed by atoms with van der Waals surface area (Å²) >= 11 is 0. The Hall–Kier alpha value is -3.12. The molecule has 2 amide bonds. The van der Waals surface area contributed by atoms with Crippen molar-refractivity contribution in [2.75, 3.05) is 10.7 Å². The smallest absolute Gasteiger partial charge is 0.318 e. The zero-order valence-corrected chi connectivity index (χ0v) is 11.8. The highest BCUT2D eigenvalue weighted by atomic mass is 19.4. The van der Waals surface area contributed by atoms with Gasteiger partial charge in [-0.2, -0.15) is 26.3 Å². The van der Waals surface area contributed by atoms with Gasteiger partial charge in [-0.25, -0.2) is 4.68 Å². The van der Waals surface area contributed by atoms with Gasteiger partial charge in [-0.1, -0.05) is 0 Å². The van der Waals surface area contributed by atoms with Crippen molar-refractivity contribution in [2.45, 2.75) is 12.4 Å². The van der Waals surface area contributed by atoms with Gasteiger partial charge >= 0.3 is 24.2 Å². The van der Waals surface area contributed by atoms with E-state index < -0.39 is 41.0 Å². The number of rotatable bonds is 2. The van der Waals surface area contributed by atoms with Crippen molar-refractivity contribution < 1.29 is 35.9 Å². The van der Waals surface area contributed by atoms with E-state index in [9.17, 15) is 35.9 Å². The van der Waals surface area contributed by atoms with Crippen LogP contribution in [-0.2, 0) is 21.9 Å². The highest BCUT2D eigenvalue weighted by Gasteiger charge is 2.37. The van der Waals surface area contributed by atoms with E-state index in [1.54, 1.807) is 5.32 Å². The van der Waals surface area contributed by atoms with Crippen LogP contribution in [0.25, 0.3) is 0 Å². The van der Waals surface area contributed by atoms with Gasteiger partial charge in [-0.3, -0.25) is 15.0 Å². The van der Waals surface area contributed by atoms with Gasteiger partial charge in [0, 0.05) is 5.69 Å². The number of hydrogen-bond acceptors (Lipinski definition) is 4. The molecule has 0 aliphatic carbocycles. The quantitative estimate of drug-likeness (QED) is 0.628. The van der Waals surface area contributed by atoms with E-state index in [2.05, 4.69) is 10.2 Å². The molecule has 1 aromatic heterocycles. The molecule has 0 spiro atoms. The van der Waals surface area contributed by atoms with Crippen molar-refractivity contribution in [1.82, 2.24) is 14.9 Å². The molecule has 13 heteroatoms. The maximum Gasteiger partial charge on any atom is 0.416 e. The molecule has 0 saturated carbocycles.